The van der Waals surface area contributed by atoms with E-state index < -0.39 is 6.10 Å². The van der Waals surface area contributed by atoms with E-state index in [-0.39, 0.29) is 6.61 Å². The number of rotatable bonds is 7. The van der Waals surface area contributed by atoms with Crippen LogP contribution in [0.1, 0.15) is 31.7 Å². The van der Waals surface area contributed by atoms with Gasteiger partial charge in [-0.15, -0.1) is 0 Å². The van der Waals surface area contributed by atoms with Gasteiger partial charge in [-0.2, -0.15) is 5.26 Å². The second-order valence-corrected chi connectivity index (χ2v) is 5.87. The van der Waals surface area contributed by atoms with E-state index in [9.17, 15) is 5.11 Å². The highest BCUT2D eigenvalue weighted by molar-refractivity contribution is 5.42. The molecule has 0 spiro atoms. The predicted octanol–water partition coefficient (Wildman–Crippen LogP) is 2.08. The van der Waals surface area contributed by atoms with Crippen molar-refractivity contribution in [3.05, 3.63) is 29.8 Å². The molecule has 108 valence electrons. The minimum atomic E-state index is -0.564. The van der Waals surface area contributed by atoms with E-state index >= 15 is 0 Å². The van der Waals surface area contributed by atoms with Crippen LogP contribution in [0.25, 0.3) is 0 Å². The number of hydrogen-bond donors (Lipinski definition) is 2. The number of aliphatic hydroxyl groups excluding tert-OH is 1. The molecule has 0 heterocycles. The Hall–Kier alpha value is -1.57. The van der Waals surface area contributed by atoms with Crippen LogP contribution in [-0.2, 0) is 0 Å². The molecule has 1 atom stereocenters. The van der Waals surface area contributed by atoms with Gasteiger partial charge in [0.15, 0.2) is 0 Å². The van der Waals surface area contributed by atoms with Gasteiger partial charge in [0, 0.05) is 13.1 Å². The SMILES string of the molecule is CC1(CNCC(O)COc2ccccc2C#N)CCC1. The molecule has 1 unspecified atom stereocenters. The molecule has 1 aliphatic carbocycles. The lowest BCUT2D eigenvalue weighted by Gasteiger charge is -2.38. The summed E-state index contributed by atoms with van der Waals surface area (Å²) in [6, 6.07) is 9.14. The van der Waals surface area contributed by atoms with E-state index in [0.29, 0.717) is 23.3 Å². The van der Waals surface area contributed by atoms with Crippen LogP contribution in [0.4, 0.5) is 0 Å². The van der Waals surface area contributed by atoms with Crippen molar-refractivity contribution in [2.45, 2.75) is 32.3 Å². The number of nitrogens with one attached hydrogen (secondary N) is 1. The van der Waals surface area contributed by atoms with Crippen molar-refractivity contribution in [3.8, 4) is 11.8 Å². The summed E-state index contributed by atoms with van der Waals surface area (Å²) in [5.74, 6) is 0.528. The molecular formula is C16H22N2O2. The lowest BCUT2D eigenvalue weighted by atomic mass is 9.70. The van der Waals surface area contributed by atoms with Crippen LogP contribution in [0.5, 0.6) is 5.75 Å². The Morgan fingerprint density at radius 3 is 2.85 bits per heavy atom. The minimum Gasteiger partial charge on any atom is -0.489 e. The van der Waals surface area contributed by atoms with Gasteiger partial charge in [-0.3, -0.25) is 0 Å². The van der Waals surface area contributed by atoms with E-state index in [1.807, 2.05) is 6.07 Å². The third kappa shape index (κ3) is 3.96. The molecule has 4 nitrogen and oxygen atoms in total. The third-order valence-corrected chi connectivity index (χ3v) is 3.93. The average molecular weight is 274 g/mol. The second kappa shape index (κ2) is 6.74. The largest absolute Gasteiger partial charge is 0.489 e. The Balaban J connectivity index is 1.69. The summed E-state index contributed by atoms with van der Waals surface area (Å²) in [6.07, 6.45) is 3.28. The van der Waals surface area contributed by atoms with Gasteiger partial charge in [0.2, 0.25) is 0 Å². The van der Waals surface area contributed by atoms with Crippen molar-refractivity contribution in [1.29, 1.82) is 5.26 Å². The number of para-hydroxylation sites is 1. The summed E-state index contributed by atoms with van der Waals surface area (Å²) in [5.41, 5.74) is 0.906. The van der Waals surface area contributed by atoms with Crippen molar-refractivity contribution in [2.24, 2.45) is 5.41 Å². The van der Waals surface area contributed by atoms with Crippen LogP contribution >= 0.6 is 0 Å². The van der Waals surface area contributed by atoms with Gasteiger partial charge in [0.1, 0.15) is 24.5 Å². The quantitative estimate of drug-likeness (QED) is 0.799. The van der Waals surface area contributed by atoms with Crippen molar-refractivity contribution >= 4 is 0 Å². The normalized spacial score (nSPS) is 17.9. The molecule has 0 aliphatic heterocycles. The van der Waals surface area contributed by atoms with Crippen LogP contribution in [0.3, 0.4) is 0 Å². The lowest BCUT2D eigenvalue weighted by Crippen LogP contribution is -2.41. The fourth-order valence-corrected chi connectivity index (χ4v) is 2.43. The summed E-state index contributed by atoms with van der Waals surface area (Å²) >= 11 is 0. The van der Waals surface area contributed by atoms with Crippen LogP contribution in [-0.4, -0.2) is 30.9 Å². The number of hydrogen-bond acceptors (Lipinski definition) is 4. The van der Waals surface area contributed by atoms with Gasteiger partial charge in [-0.05, 0) is 30.4 Å². The highest BCUT2D eigenvalue weighted by Gasteiger charge is 2.31. The minimum absolute atomic E-state index is 0.197. The maximum absolute atomic E-state index is 9.89. The standard InChI is InChI=1S/C16H22N2O2/c1-16(7-4-8-16)12-18-10-14(19)11-20-15-6-3-2-5-13(15)9-17/h2-3,5-6,14,18-19H,4,7-8,10-12H2,1H3. The summed E-state index contributed by atoms with van der Waals surface area (Å²) in [6.45, 7) is 3.93. The lowest BCUT2D eigenvalue weighted by molar-refractivity contribution is 0.0945. The van der Waals surface area contributed by atoms with Crippen molar-refractivity contribution in [3.63, 3.8) is 0 Å². The summed E-state index contributed by atoms with van der Waals surface area (Å²) < 4.78 is 5.50. The monoisotopic (exact) mass is 274 g/mol. The van der Waals surface area contributed by atoms with Gasteiger partial charge in [0.25, 0.3) is 0 Å². The summed E-state index contributed by atoms with van der Waals surface area (Å²) in [7, 11) is 0. The van der Waals surface area contributed by atoms with E-state index in [2.05, 4.69) is 18.3 Å². The molecule has 1 aromatic carbocycles. The van der Waals surface area contributed by atoms with Gasteiger partial charge in [-0.25, -0.2) is 0 Å². The first-order valence-corrected chi connectivity index (χ1v) is 7.14. The van der Waals surface area contributed by atoms with Crippen molar-refractivity contribution in [2.75, 3.05) is 19.7 Å². The molecule has 1 aromatic rings. The molecule has 4 heteroatoms. The van der Waals surface area contributed by atoms with Gasteiger partial charge >= 0.3 is 0 Å². The molecule has 1 aliphatic rings. The summed E-state index contributed by atoms with van der Waals surface area (Å²) in [5, 5.41) is 22.1. The van der Waals surface area contributed by atoms with Crippen molar-refractivity contribution in [1.82, 2.24) is 5.32 Å². The first-order chi connectivity index (χ1) is 9.63. The smallest absolute Gasteiger partial charge is 0.137 e. The Labute approximate surface area is 120 Å². The van der Waals surface area contributed by atoms with Crippen LogP contribution < -0.4 is 10.1 Å². The molecule has 1 saturated carbocycles. The number of ether oxygens (including phenoxy) is 1. The Kier molecular flexibility index (Phi) is 4.99. The van der Waals surface area contributed by atoms with Gasteiger partial charge < -0.3 is 15.2 Å². The molecule has 20 heavy (non-hydrogen) atoms. The number of nitrogens with zero attached hydrogens (tertiary/aromatic N) is 1. The molecule has 1 fully saturated rings. The highest BCUT2D eigenvalue weighted by Crippen LogP contribution is 2.39. The predicted molar refractivity (Wildman–Crippen MR) is 77.5 cm³/mol. The highest BCUT2D eigenvalue weighted by atomic mass is 16.5. The Bertz CT molecular complexity index is 478. The zero-order valence-corrected chi connectivity index (χ0v) is 11.9. The first kappa shape index (κ1) is 14.8. The number of nitriles is 1. The van der Waals surface area contributed by atoms with E-state index in [1.165, 1.54) is 19.3 Å². The van der Waals surface area contributed by atoms with Crippen LogP contribution in [0.15, 0.2) is 24.3 Å². The summed E-state index contributed by atoms with van der Waals surface area (Å²) in [4.78, 5) is 0. The van der Waals surface area contributed by atoms with Crippen molar-refractivity contribution < 1.29 is 9.84 Å². The fraction of sp³-hybridized carbons (Fsp3) is 0.562. The molecule has 0 saturated heterocycles. The maximum atomic E-state index is 9.89. The second-order valence-electron chi connectivity index (χ2n) is 5.87. The zero-order valence-electron chi connectivity index (χ0n) is 11.9. The maximum Gasteiger partial charge on any atom is 0.137 e. The van der Waals surface area contributed by atoms with Gasteiger partial charge in [0.05, 0.1) is 5.56 Å². The Morgan fingerprint density at radius 1 is 1.45 bits per heavy atom. The molecule has 0 radical (unpaired) electrons. The molecule has 0 bridgehead atoms. The first-order valence-electron chi connectivity index (χ1n) is 7.14. The average Bonchev–Trinajstić information content (AvgIpc) is 2.43. The molecule has 2 N–H and O–H groups in total. The number of benzene rings is 1. The Morgan fingerprint density at radius 2 is 2.20 bits per heavy atom. The molecule has 0 amide bonds. The van der Waals surface area contributed by atoms with E-state index in [1.54, 1.807) is 18.2 Å². The van der Waals surface area contributed by atoms with Crippen LogP contribution in [0, 0.1) is 16.7 Å². The van der Waals surface area contributed by atoms with Crippen LogP contribution in [0.2, 0.25) is 0 Å². The molecular weight excluding hydrogens is 252 g/mol. The third-order valence-electron chi connectivity index (χ3n) is 3.93. The molecule has 0 aromatic heterocycles. The zero-order chi connectivity index (χ0) is 14.4. The topological polar surface area (TPSA) is 65.3 Å². The van der Waals surface area contributed by atoms with Gasteiger partial charge in [-0.1, -0.05) is 25.5 Å². The van der Waals surface area contributed by atoms with E-state index in [4.69, 9.17) is 10.00 Å². The fourth-order valence-electron chi connectivity index (χ4n) is 2.43. The molecule has 2 rings (SSSR count). The number of aliphatic hydroxyl groups is 1. The van der Waals surface area contributed by atoms with E-state index in [0.717, 1.165) is 6.54 Å².